The van der Waals surface area contributed by atoms with Crippen molar-refractivity contribution in [1.82, 2.24) is 10.2 Å². The second kappa shape index (κ2) is 4.85. The average Bonchev–Trinajstić information content (AvgIpc) is 2.45. The summed E-state index contributed by atoms with van der Waals surface area (Å²) in [4.78, 5) is 25.1. The minimum absolute atomic E-state index is 0.123. The van der Waals surface area contributed by atoms with Crippen LogP contribution < -0.4 is 5.32 Å². The Balaban J connectivity index is 1.59. The predicted molar refractivity (Wildman–Crippen MR) is 67.8 cm³/mol. The summed E-state index contributed by atoms with van der Waals surface area (Å²) in [5.74, 6) is -0.287. The summed E-state index contributed by atoms with van der Waals surface area (Å²) in [6.07, 6.45) is 3.40. The van der Waals surface area contributed by atoms with Crippen LogP contribution in [0.2, 0.25) is 0 Å². The van der Waals surface area contributed by atoms with E-state index in [0.717, 1.165) is 5.56 Å². The second-order valence-corrected chi connectivity index (χ2v) is 4.56. The van der Waals surface area contributed by atoms with Crippen molar-refractivity contribution in [2.45, 2.75) is 18.7 Å². The SMILES string of the molecule is O=C(Cc1ccccc1)NC1C(=O)N2C=CCOC12. The molecule has 0 aromatic heterocycles. The summed E-state index contributed by atoms with van der Waals surface area (Å²) < 4.78 is 5.41. The van der Waals surface area contributed by atoms with Gasteiger partial charge in [0.05, 0.1) is 13.0 Å². The van der Waals surface area contributed by atoms with Gasteiger partial charge in [-0.3, -0.25) is 14.5 Å². The molecule has 0 bridgehead atoms. The molecule has 2 heterocycles. The molecule has 1 saturated heterocycles. The van der Waals surface area contributed by atoms with E-state index >= 15 is 0 Å². The number of fused-ring (bicyclic) bond motifs is 1. The lowest BCUT2D eigenvalue weighted by Crippen LogP contribution is -2.70. The number of ether oxygens (including phenoxy) is 1. The predicted octanol–water partition coefficient (Wildman–Crippen LogP) is 0.426. The van der Waals surface area contributed by atoms with E-state index in [-0.39, 0.29) is 24.5 Å². The summed E-state index contributed by atoms with van der Waals surface area (Å²) in [5, 5.41) is 2.72. The number of nitrogens with one attached hydrogen (secondary N) is 1. The third-order valence-electron chi connectivity index (χ3n) is 3.23. The van der Waals surface area contributed by atoms with E-state index < -0.39 is 6.04 Å². The molecule has 5 nitrogen and oxygen atoms in total. The van der Waals surface area contributed by atoms with Crippen molar-refractivity contribution in [3.8, 4) is 0 Å². The highest BCUT2D eigenvalue weighted by Gasteiger charge is 2.49. The molecule has 2 aliphatic heterocycles. The molecule has 1 N–H and O–H groups in total. The number of β-lactam (4-membered cyclic amide) rings is 1. The number of hydrogen-bond donors (Lipinski definition) is 1. The second-order valence-electron chi connectivity index (χ2n) is 4.56. The maximum absolute atomic E-state index is 11.9. The fraction of sp³-hybridized carbons (Fsp3) is 0.286. The van der Waals surface area contributed by atoms with Crippen molar-refractivity contribution >= 4 is 11.8 Å². The molecule has 98 valence electrons. The van der Waals surface area contributed by atoms with E-state index in [1.165, 1.54) is 4.90 Å². The van der Waals surface area contributed by atoms with Gasteiger partial charge in [-0.05, 0) is 11.6 Å². The van der Waals surface area contributed by atoms with Crippen LogP contribution in [0.4, 0.5) is 0 Å². The van der Waals surface area contributed by atoms with Crippen LogP contribution in [0.5, 0.6) is 0 Å². The molecule has 3 rings (SSSR count). The molecule has 0 spiro atoms. The van der Waals surface area contributed by atoms with E-state index in [4.69, 9.17) is 4.74 Å². The molecule has 2 aliphatic rings. The Kier molecular flexibility index (Phi) is 3.05. The quantitative estimate of drug-likeness (QED) is 0.800. The fourth-order valence-electron chi connectivity index (χ4n) is 2.27. The fourth-order valence-corrected chi connectivity index (χ4v) is 2.27. The Labute approximate surface area is 110 Å². The number of amides is 2. The van der Waals surface area contributed by atoms with E-state index in [2.05, 4.69) is 5.32 Å². The van der Waals surface area contributed by atoms with Gasteiger partial charge in [0, 0.05) is 6.20 Å². The first-order valence-electron chi connectivity index (χ1n) is 6.19. The zero-order valence-corrected chi connectivity index (χ0v) is 10.3. The molecule has 2 unspecified atom stereocenters. The first-order valence-corrected chi connectivity index (χ1v) is 6.19. The van der Waals surface area contributed by atoms with Crippen LogP contribution in [0.15, 0.2) is 42.6 Å². The van der Waals surface area contributed by atoms with Gasteiger partial charge in [0.25, 0.3) is 5.91 Å². The van der Waals surface area contributed by atoms with Crippen molar-refractivity contribution in [2.75, 3.05) is 6.61 Å². The summed E-state index contributed by atoms with van der Waals surface area (Å²) in [5.41, 5.74) is 0.924. The van der Waals surface area contributed by atoms with Crippen LogP contribution in [0.3, 0.4) is 0 Å². The molecule has 1 aromatic carbocycles. The van der Waals surface area contributed by atoms with E-state index in [9.17, 15) is 9.59 Å². The number of rotatable bonds is 3. The van der Waals surface area contributed by atoms with Crippen LogP contribution in [-0.4, -0.2) is 35.6 Å². The van der Waals surface area contributed by atoms with Crippen molar-refractivity contribution in [1.29, 1.82) is 0 Å². The number of benzene rings is 1. The van der Waals surface area contributed by atoms with Gasteiger partial charge in [-0.2, -0.15) is 0 Å². The van der Waals surface area contributed by atoms with E-state index in [0.29, 0.717) is 6.61 Å². The summed E-state index contributed by atoms with van der Waals surface area (Å²) in [7, 11) is 0. The minimum Gasteiger partial charge on any atom is -0.351 e. The van der Waals surface area contributed by atoms with E-state index in [1.54, 1.807) is 12.3 Å². The Hall–Kier alpha value is -2.14. The van der Waals surface area contributed by atoms with Gasteiger partial charge in [-0.15, -0.1) is 0 Å². The normalized spacial score (nSPS) is 24.6. The van der Waals surface area contributed by atoms with Crippen LogP contribution in [-0.2, 0) is 20.7 Å². The lowest BCUT2D eigenvalue weighted by molar-refractivity contribution is -0.177. The van der Waals surface area contributed by atoms with Gasteiger partial charge in [0.15, 0.2) is 12.3 Å². The molecule has 5 heteroatoms. The monoisotopic (exact) mass is 258 g/mol. The lowest BCUT2D eigenvalue weighted by atomic mass is 10.0. The Bertz CT molecular complexity index is 527. The smallest absolute Gasteiger partial charge is 0.256 e. The zero-order valence-electron chi connectivity index (χ0n) is 10.3. The van der Waals surface area contributed by atoms with Gasteiger partial charge < -0.3 is 10.1 Å². The maximum Gasteiger partial charge on any atom is 0.256 e. The Morgan fingerprint density at radius 2 is 2.16 bits per heavy atom. The van der Waals surface area contributed by atoms with Crippen LogP contribution in [0, 0.1) is 0 Å². The molecule has 1 fully saturated rings. The number of carbonyl (C=O) groups is 2. The zero-order chi connectivity index (χ0) is 13.2. The van der Waals surface area contributed by atoms with E-state index in [1.807, 2.05) is 30.3 Å². The van der Waals surface area contributed by atoms with Crippen LogP contribution in [0.25, 0.3) is 0 Å². The summed E-state index contributed by atoms with van der Waals surface area (Å²) in [6, 6.07) is 8.88. The first kappa shape index (κ1) is 11.9. The van der Waals surface area contributed by atoms with Crippen LogP contribution in [0.1, 0.15) is 5.56 Å². The summed E-state index contributed by atoms with van der Waals surface area (Å²) >= 11 is 0. The Morgan fingerprint density at radius 1 is 1.37 bits per heavy atom. The standard InChI is InChI=1S/C14H14N2O3/c17-11(9-10-5-2-1-3-6-10)15-12-13(18)16-7-4-8-19-14(12)16/h1-7,12,14H,8-9H2,(H,15,17). The highest BCUT2D eigenvalue weighted by Crippen LogP contribution is 2.24. The third kappa shape index (κ3) is 2.24. The van der Waals surface area contributed by atoms with Crippen molar-refractivity contribution in [3.63, 3.8) is 0 Å². The Morgan fingerprint density at radius 3 is 2.95 bits per heavy atom. The molecule has 2 amide bonds. The molecular formula is C14H14N2O3. The maximum atomic E-state index is 11.9. The molecule has 0 radical (unpaired) electrons. The largest absolute Gasteiger partial charge is 0.351 e. The van der Waals surface area contributed by atoms with Crippen LogP contribution >= 0.6 is 0 Å². The molecule has 2 atom stereocenters. The third-order valence-corrected chi connectivity index (χ3v) is 3.23. The van der Waals surface area contributed by atoms with Gasteiger partial charge >= 0.3 is 0 Å². The minimum atomic E-state index is -0.554. The van der Waals surface area contributed by atoms with Crippen molar-refractivity contribution < 1.29 is 14.3 Å². The number of nitrogens with zero attached hydrogens (tertiary/aromatic N) is 1. The van der Waals surface area contributed by atoms with Gasteiger partial charge in [-0.1, -0.05) is 30.3 Å². The molecular weight excluding hydrogens is 244 g/mol. The van der Waals surface area contributed by atoms with Gasteiger partial charge in [0.2, 0.25) is 5.91 Å². The van der Waals surface area contributed by atoms with Crippen molar-refractivity contribution in [2.24, 2.45) is 0 Å². The molecule has 1 aromatic rings. The highest BCUT2D eigenvalue weighted by molar-refractivity contribution is 5.94. The van der Waals surface area contributed by atoms with Gasteiger partial charge in [0.1, 0.15) is 0 Å². The number of hydrogen-bond acceptors (Lipinski definition) is 3. The highest BCUT2D eigenvalue weighted by atomic mass is 16.5. The summed E-state index contributed by atoms with van der Waals surface area (Å²) in [6.45, 7) is 0.472. The van der Waals surface area contributed by atoms with Crippen molar-refractivity contribution in [3.05, 3.63) is 48.2 Å². The van der Waals surface area contributed by atoms with Gasteiger partial charge in [-0.25, -0.2) is 0 Å². The number of carbonyl (C=O) groups excluding carboxylic acids is 2. The molecule has 19 heavy (non-hydrogen) atoms. The first-order chi connectivity index (χ1) is 9.25. The topological polar surface area (TPSA) is 58.6 Å². The lowest BCUT2D eigenvalue weighted by Gasteiger charge is -2.46. The molecule has 0 saturated carbocycles. The molecule has 0 aliphatic carbocycles. The average molecular weight is 258 g/mol.